The number of β-lactam (4-membered cyclic amide) rings is 1. The molecule has 3 atom stereocenters. The largest absolute Gasteiger partial charge is 0.515 e. The molecule has 0 N–H and O–H groups in total. The predicted molar refractivity (Wildman–Crippen MR) is 118 cm³/mol. The van der Waals surface area contributed by atoms with Gasteiger partial charge >= 0.3 is 12.1 Å². The lowest BCUT2D eigenvalue weighted by Crippen LogP contribution is -2.59. The molecule has 0 aromatic rings. The van der Waals surface area contributed by atoms with E-state index in [-0.39, 0.29) is 34.7 Å². The minimum absolute atomic E-state index is 0.00206. The fourth-order valence-corrected chi connectivity index (χ4v) is 5.54. The molecule has 0 aliphatic carbocycles. The van der Waals surface area contributed by atoms with E-state index in [1.807, 2.05) is 0 Å². The molecule has 1 fully saturated rings. The van der Waals surface area contributed by atoms with Crippen LogP contribution in [0, 0.1) is 5.92 Å². The summed E-state index contributed by atoms with van der Waals surface area (Å²) in [5.41, 5.74) is 0. The third-order valence-electron chi connectivity index (χ3n) is 5.90. The number of cyclic esters (lactones) is 1. The highest BCUT2D eigenvalue weighted by atomic mass is 32.2. The molecule has 3 aliphatic heterocycles. The van der Waals surface area contributed by atoms with Crippen LogP contribution in [0.5, 0.6) is 0 Å². The SMILES string of the molecule is C=CCOC(=O)OC1=C(C[C@H]2C=CC(=O)O2)S[C@@H]2[C@@H](CO[Si](C)(C)C(C)(C)C)C(=O)N12. The van der Waals surface area contributed by atoms with Crippen molar-refractivity contribution in [1.82, 2.24) is 4.90 Å². The maximum absolute atomic E-state index is 12.9. The Morgan fingerprint density at radius 3 is 2.65 bits per heavy atom. The molecule has 10 heteroatoms. The van der Waals surface area contributed by atoms with Crippen molar-refractivity contribution >= 4 is 38.1 Å². The van der Waals surface area contributed by atoms with Crippen LogP contribution < -0.4 is 0 Å². The number of hydrogen-bond acceptors (Lipinski definition) is 8. The smallest absolute Gasteiger partial charge is 0.455 e. The molecule has 3 aliphatic rings. The molecule has 3 rings (SSSR count). The summed E-state index contributed by atoms with van der Waals surface area (Å²) in [5, 5.41) is -0.191. The minimum atomic E-state index is -2.01. The number of thioether (sulfide) groups is 1. The number of rotatable bonds is 8. The minimum Gasteiger partial charge on any atom is -0.455 e. The normalized spacial score (nSPS) is 25.3. The number of fused-ring (bicyclic) bond motifs is 1. The van der Waals surface area contributed by atoms with Gasteiger partial charge in [-0.15, -0.1) is 0 Å². The Morgan fingerprint density at radius 1 is 1.35 bits per heavy atom. The van der Waals surface area contributed by atoms with E-state index < -0.39 is 26.5 Å². The molecule has 0 spiro atoms. The van der Waals surface area contributed by atoms with Gasteiger partial charge in [0.25, 0.3) is 0 Å². The van der Waals surface area contributed by atoms with Gasteiger partial charge in [-0.25, -0.2) is 9.59 Å². The number of carbonyl (C=O) groups excluding carboxylic acids is 3. The molecule has 1 saturated heterocycles. The zero-order valence-electron chi connectivity index (χ0n) is 18.5. The van der Waals surface area contributed by atoms with Gasteiger partial charge < -0.3 is 18.6 Å². The summed E-state index contributed by atoms with van der Waals surface area (Å²) in [4.78, 5) is 38.5. The summed E-state index contributed by atoms with van der Waals surface area (Å²) in [6, 6.07) is 0. The van der Waals surface area contributed by atoms with E-state index in [2.05, 4.69) is 40.4 Å². The van der Waals surface area contributed by atoms with Crippen LogP contribution in [0.1, 0.15) is 27.2 Å². The first-order chi connectivity index (χ1) is 14.4. The zero-order chi connectivity index (χ0) is 23.0. The highest BCUT2D eigenvalue weighted by Crippen LogP contribution is 2.51. The highest BCUT2D eigenvalue weighted by molar-refractivity contribution is 8.04. The topological polar surface area (TPSA) is 91.4 Å². The lowest BCUT2D eigenvalue weighted by Gasteiger charge is -2.44. The fraction of sp³-hybridized carbons (Fsp3) is 0.571. The van der Waals surface area contributed by atoms with E-state index in [4.69, 9.17) is 18.6 Å². The third kappa shape index (κ3) is 4.91. The summed E-state index contributed by atoms with van der Waals surface area (Å²) >= 11 is 1.43. The van der Waals surface area contributed by atoms with Crippen molar-refractivity contribution in [1.29, 1.82) is 0 Å². The van der Waals surface area contributed by atoms with E-state index in [9.17, 15) is 14.4 Å². The summed E-state index contributed by atoms with van der Waals surface area (Å²) < 4.78 is 21.8. The molecule has 0 unspecified atom stereocenters. The number of esters is 1. The van der Waals surface area contributed by atoms with Gasteiger partial charge in [-0.1, -0.05) is 45.2 Å². The second-order valence-corrected chi connectivity index (χ2v) is 15.1. The number of nitrogens with zero attached hydrogens (tertiary/aromatic N) is 1. The number of hydrogen-bond donors (Lipinski definition) is 0. The Bertz CT molecular complexity index is 845. The number of ether oxygens (including phenoxy) is 3. The zero-order valence-corrected chi connectivity index (χ0v) is 20.3. The van der Waals surface area contributed by atoms with Gasteiger partial charge in [-0.2, -0.15) is 0 Å². The highest BCUT2D eigenvalue weighted by Gasteiger charge is 2.56. The number of carbonyl (C=O) groups is 3. The van der Waals surface area contributed by atoms with Crippen molar-refractivity contribution in [2.75, 3.05) is 13.2 Å². The van der Waals surface area contributed by atoms with Crippen molar-refractivity contribution in [2.45, 2.75) is 56.8 Å². The summed E-state index contributed by atoms with van der Waals surface area (Å²) in [7, 11) is -2.01. The summed E-state index contributed by atoms with van der Waals surface area (Å²) in [6.45, 7) is 14.5. The molecule has 0 aromatic heterocycles. The van der Waals surface area contributed by atoms with E-state index in [1.165, 1.54) is 28.8 Å². The van der Waals surface area contributed by atoms with Gasteiger partial charge in [0.05, 0.1) is 10.8 Å². The van der Waals surface area contributed by atoms with Gasteiger partial charge in [0, 0.05) is 19.1 Å². The molecule has 1 amide bonds. The molecule has 0 saturated carbocycles. The van der Waals surface area contributed by atoms with E-state index in [1.54, 1.807) is 6.08 Å². The maximum atomic E-state index is 12.9. The summed E-state index contributed by atoms with van der Waals surface area (Å²) in [6.07, 6.45) is 3.37. The van der Waals surface area contributed by atoms with Crippen LogP contribution in [0.25, 0.3) is 0 Å². The first-order valence-electron chi connectivity index (χ1n) is 10.2. The van der Waals surface area contributed by atoms with Crippen LogP contribution >= 0.6 is 11.8 Å². The standard InChI is InChI=1S/C21H29NO7SSi/c1-7-10-26-20(25)29-18-15(11-13-8-9-16(23)28-13)30-19-14(17(24)22(18)19)12-27-31(5,6)21(2,3)4/h7-9,13-14,19H,1,10-12H2,2-6H3/t13-,14+,19-/m1/s1. The second-order valence-electron chi connectivity index (χ2n) is 9.11. The van der Waals surface area contributed by atoms with Gasteiger partial charge in [-0.05, 0) is 24.2 Å². The van der Waals surface area contributed by atoms with Gasteiger partial charge in [-0.3, -0.25) is 9.69 Å². The van der Waals surface area contributed by atoms with Crippen LogP contribution in [-0.4, -0.2) is 55.9 Å². The first kappa shape index (κ1) is 23.6. The van der Waals surface area contributed by atoms with Crippen LogP contribution in [0.15, 0.2) is 35.6 Å². The average molecular weight is 468 g/mol. The van der Waals surface area contributed by atoms with Gasteiger partial charge in [0.2, 0.25) is 11.8 Å². The Hall–Kier alpha value is -2.04. The van der Waals surface area contributed by atoms with E-state index >= 15 is 0 Å². The molecule has 31 heavy (non-hydrogen) atoms. The van der Waals surface area contributed by atoms with Gasteiger partial charge in [0.15, 0.2) is 8.32 Å². The lowest BCUT2D eigenvalue weighted by molar-refractivity contribution is -0.151. The first-order valence-corrected chi connectivity index (χ1v) is 13.9. The third-order valence-corrected chi connectivity index (χ3v) is 11.8. The van der Waals surface area contributed by atoms with Crippen molar-refractivity contribution in [2.24, 2.45) is 5.92 Å². The average Bonchev–Trinajstić information content (AvgIpc) is 3.21. The van der Waals surface area contributed by atoms with Crippen molar-refractivity contribution in [3.63, 3.8) is 0 Å². The van der Waals surface area contributed by atoms with E-state index in [0.29, 0.717) is 17.9 Å². The molecule has 0 aromatic carbocycles. The maximum Gasteiger partial charge on any atom is 0.515 e. The number of amides is 1. The molecule has 8 nitrogen and oxygen atoms in total. The molecule has 3 heterocycles. The molecule has 170 valence electrons. The lowest BCUT2D eigenvalue weighted by atomic mass is 10.00. The molecule has 0 bridgehead atoms. The molecular weight excluding hydrogens is 438 g/mol. The monoisotopic (exact) mass is 467 g/mol. The quantitative estimate of drug-likeness (QED) is 0.230. The fourth-order valence-electron chi connectivity index (χ4n) is 3.06. The van der Waals surface area contributed by atoms with E-state index in [0.717, 1.165) is 0 Å². The Kier molecular flexibility index (Phi) is 6.73. The molecule has 0 radical (unpaired) electrons. The second kappa shape index (κ2) is 8.83. The molecular formula is C21H29NO7SSi. The summed E-state index contributed by atoms with van der Waals surface area (Å²) in [5.74, 6) is -0.756. The van der Waals surface area contributed by atoms with Crippen molar-refractivity contribution < 1.29 is 33.0 Å². The Labute approximate surface area is 187 Å². The van der Waals surface area contributed by atoms with Crippen LogP contribution in [0.4, 0.5) is 4.79 Å². The van der Waals surface area contributed by atoms with Gasteiger partial charge in [0.1, 0.15) is 18.1 Å². The van der Waals surface area contributed by atoms with Crippen LogP contribution in [0.2, 0.25) is 18.1 Å². The predicted octanol–water partition coefficient (Wildman–Crippen LogP) is 3.92. The van der Waals surface area contributed by atoms with Crippen molar-refractivity contribution in [3.05, 3.63) is 35.6 Å². The Balaban J connectivity index is 1.72. The van der Waals surface area contributed by atoms with Crippen molar-refractivity contribution in [3.8, 4) is 0 Å². The van der Waals surface area contributed by atoms with Crippen LogP contribution in [-0.2, 0) is 28.2 Å². The van der Waals surface area contributed by atoms with Crippen LogP contribution in [0.3, 0.4) is 0 Å². The Morgan fingerprint density at radius 2 is 2.06 bits per heavy atom.